The normalized spacial score (nSPS) is 11.6. The Labute approximate surface area is 77.9 Å². The van der Waals surface area contributed by atoms with Gasteiger partial charge in [0.05, 0.1) is 6.42 Å². The molecule has 0 aliphatic rings. The maximum Gasteiger partial charge on any atom is 0.284 e. The smallest absolute Gasteiger partial charge is 0.284 e. The van der Waals surface area contributed by atoms with Crippen molar-refractivity contribution in [2.24, 2.45) is 0 Å². The molecule has 0 aliphatic carbocycles. The third-order valence-electron chi connectivity index (χ3n) is 1.91. The molecule has 3 nitrogen and oxygen atoms in total. The minimum Gasteiger partial charge on any atom is -0.343 e. The molecule has 0 fully saturated rings. The number of hydrogen-bond donors (Lipinski definition) is 1. The van der Waals surface area contributed by atoms with Gasteiger partial charge in [0, 0.05) is 14.2 Å². The van der Waals surface area contributed by atoms with Gasteiger partial charge in [0.25, 0.3) is 5.97 Å². The molecule has 1 N–H and O–H groups in total. The quantitative estimate of drug-likeness (QED) is 0.710. The third kappa shape index (κ3) is 2.81. The van der Waals surface area contributed by atoms with Crippen LogP contribution in [0.1, 0.15) is 5.56 Å². The summed E-state index contributed by atoms with van der Waals surface area (Å²) in [5, 5.41) is 9.64. The molecule has 1 aromatic carbocycles. The number of hydrogen-bond acceptors (Lipinski definition) is 3. The van der Waals surface area contributed by atoms with E-state index in [1.807, 2.05) is 30.3 Å². The predicted molar refractivity (Wildman–Crippen MR) is 49.1 cm³/mol. The van der Waals surface area contributed by atoms with E-state index in [0.717, 1.165) is 5.56 Å². The van der Waals surface area contributed by atoms with Crippen LogP contribution in [0.2, 0.25) is 0 Å². The summed E-state index contributed by atoms with van der Waals surface area (Å²) in [6.07, 6.45) is 0.320. The van der Waals surface area contributed by atoms with Crippen LogP contribution in [0.15, 0.2) is 30.3 Å². The molecular formula is C10H14O3. The predicted octanol–water partition coefficient (Wildman–Crippen LogP) is 1.17. The van der Waals surface area contributed by atoms with Crippen LogP contribution in [0.4, 0.5) is 0 Å². The summed E-state index contributed by atoms with van der Waals surface area (Å²) in [7, 11) is 2.82. The van der Waals surface area contributed by atoms with Gasteiger partial charge in [-0.1, -0.05) is 30.3 Å². The topological polar surface area (TPSA) is 38.7 Å². The van der Waals surface area contributed by atoms with Gasteiger partial charge in [0.1, 0.15) is 0 Å². The lowest BCUT2D eigenvalue weighted by Crippen LogP contribution is -2.35. The van der Waals surface area contributed by atoms with Crippen LogP contribution in [0.25, 0.3) is 0 Å². The molecular weight excluding hydrogens is 168 g/mol. The van der Waals surface area contributed by atoms with Crippen LogP contribution in [0.5, 0.6) is 0 Å². The lowest BCUT2D eigenvalue weighted by Gasteiger charge is -2.23. The standard InChI is InChI=1S/C10H14O3/c1-12-10(11,13-2)8-9-6-4-3-5-7-9/h3-7,11H,8H2,1-2H3. The van der Waals surface area contributed by atoms with Crippen molar-refractivity contribution in [3.63, 3.8) is 0 Å². The molecule has 0 aliphatic heterocycles. The van der Waals surface area contributed by atoms with Crippen LogP contribution < -0.4 is 0 Å². The first-order chi connectivity index (χ1) is 6.20. The molecule has 72 valence electrons. The zero-order valence-corrected chi connectivity index (χ0v) is 7.86. The second-order valence-electron chi connectivity index (χ2n) is 2.78. The van der Waals surface area contributed by atoms with Gasteiger partial charge in [0.2, 0.25) is 0 Å². The number of methoxy groups -OCH3 is 2. The summed E-state index contributed by atoms with van der Waals surface area (Å²) in [6.45, 7) is 0. The van der Waals surface area contributed by atoms with Gasteiger partial charge in [0.15, 0.2) is 0 Å². The molecule has 0 radical (unpaired) electrons. The Bertz CT molecular complexity index is 242. The summed E-state index contributed by atoms with van der Waals surface area (Å²) in [5.74, 6) is -1.51. The summed E-state index contributed by atoms with van der Waals surface area (Å²) < 4.78 is 9.65. The van der Waals surface area contributed by atoms with Gasteiger partial charge < -0.3 is 14.6 Å². The molecule has 0 unspecified atom stereocenters. The molecule has 0 heterocycles. The molecule has 0 bridgehead atoms. The summed E-state index contributed by atoms with van der Waals surface area (Å²) in [4.78, 5) is 0. The van der Waals surface area contributed by atoms with Gasteiger partial charge in [-0.2, -0.15) is 0 Å². The van der Waals surface area contributed by atoms with Crippen molar-refractivity contribution < 1.29 is 14.6 Å². The van der Waals surface area contributed by atoms with Gasteiger partial charge in [-0.15, -0.1) is 0 Å². The molecule has 0 saturated carbocycles. The van der Waals surface area contributed by atoms with Crippen molar-refractivity contribution in [1.29, 1.82) is 0 Å². The zero-order valence-electron chi connectivity index (χ0n) is 7.86. The first-order valence-corrected chi connectivity index (χ1v) is 4.07. The van der Waals surface area contributed by atoms with Gasteiger partial charge in [-0.25, -0.2) is 0 Å². The van der Waals surface area contributed by atoms with E-state index in [2.05, 4.69) is 0 Å². The maximum atomic E-state index is 9.64. The molecule has 3 heteroatoms. The van der Waals surface area contributed by atoms with E-state index >= 15 is 0 Å². The highest BCUT2D eigenvalue weighted by Gasteiger charge is 2.25. The van der Waals surface area contributed by atoms with Gasteiger partial charge in [-0.3, -0.25) is 0 Å². The molecule has 0 amide bonds. The van der Waals surface area contributed by atoms with Crippen molar-refractivity contribution in [3.05, 3.63) is 35.9 Å². The molecule has 1 aromatic rings. The van der Waals surface area contributed by atoms with Crippen molar-refractivity contribution in [3.8, 4) is 0 Å². The number of aliphatic hydroxyl groups is 1. The van der Waals surface area contributed by atoms with E-state index in [0.29, 0.717) is 6.42 Å². The van der Waals surface area contributed by atoms with Gasteiger partial charge in [-0.05, 0) is 5.56 Å². The number of benzene rings is 1. The summed E-state index contributed by atoms with van der Waals surface area (Å²) >= 11 is 0. The zero-order chi connectivity index (χ0) is 9.73. The first kappa shape index (κ1) is 10.2. The minimum atomic E-state index is -1.51. The van der Waals surface area contributed by atoms with E-state index in [1.54, 1.807) is 0 Å². The SMILES string of the molecule is COC(O)(Cc1ccccc1)OC. The van der Waals surface area contributed by atoms with E-state index in [-0.39, 0.29) is 0 Å². The molecule has 0 saturated heterocycles. The second kappa shape index (κ2) is 4.37. The van der Waals surface area contributed by atoms with Crippen LogP contribution in [-0.4, -0.2) is 25.3 Å². The average molecular weight is 182 g/mol. The Morgan fingerprint density at radius 2 is 1.69 bits per heavy atom. The van der Waals surface area contributed by atoms with E-state index in [1.165, 1.54) is 14.2 Å². The highest BCUT2D eigenvalue weighted by atomic mass is 16.8. The fourth-order valence-corrected chi connectivity index (χ4v) is 1.08. The molecule has 0 spiro atoms. The summed E-state index contributed by atoms with van der Waals surface area (Å²) in [5.41, 5.74) is 0.966. The Kier molecular flexibility index (Phi) is 3.42. The largest absolute Gasteiger partial charge is 0.343 e. The third-order valence-corrected chi connectivity index (χ3v) is 1.91. The fraction of sp³-hybridized carbons (Fsp3) is 0.400. The fourth-order valence-electron chi connectivity index (χ4n) is 1.08. The molecule has 0 atom stereocenters. The molecule has 0 aromatic heterocycles. The number of ether oxygens (including phenoxy) is 2. The lowest BCUT2D eigenvalue weighted by atomic mass is 10.1. The van der Waals surface area contributed by atoms with Gasteiger partial charge >= 0.3 is 0 Å². The monoisotopic (exact) mass is 182 g/mol. The van der Waals surface area contributed by atoms with Crippen molar-refractivity contribution in [2.75, 3.05) is 14.2 Å². The van der Waals surface area contributed by atoms with E-state index in [4.69, 9.17) is 9.47 Å². The summed E-state index contributed by atoms with van der Waals surface area (Å²) in [6, 6.07) is 9.54. The average Bonchev–Trinajstić information content (AvgIpc) is 2.19. The van der Waals surface area contributed by atoms with Crippen molar-refractivity contribution in [2.45, 2.75) is 12.4 Å². The molecule has 1 rings (SSSR count). The van der Waals surface area contributed by atoms with Crippen molar-refractivity contribution >= 4 is 0 Å². The Hall–Kier alpha value is -0.900. The second-order valence-corrected chi connectivity index (χ2v) is 2.78. The first-order valence-electron chi connectivity index (χ1n) is 4.07. The molecule has 13 heavy (non-hydrogen) atoms. The Morgan fingerprint density at radius 1 is 1.15 bits per heavy atom. The van der Waals surface area contributed by atoms with Crippen molar-refractivity contribution in [1.82, 2.24) is 0 Å². The Balaban J connectivity index is 2.68. The van der Waals surface area contributed by atoms with Crippen LogP contribution >= 0.6 is 0 Å². The number of rotatable bonds is 4. The van der Waals surface area contributed by atoms with E-state index in [9.17, 15) is 5.11 Å². The van der Waals surface area contributed by atoms with Crippen LogP contribution in [0, 0.1) is 0 Å². The van der Waals surface area contributed by atoms with Crippen LogP contribution in [0.3, 0.4) is 0 Å². The lowest BCUT2D eigenvalue weighted by molar-refractivity contribution is -0.338. The minimum absolute atomic E-state index is 0.320. The maximum absolute atomic E-state index is 9.64. The van der Waals surface area contributed by atoms with E-state index < -0.39 is 5.97 Å². The highest BCUT2D eigenvalue weighted by Crippen LogP contribution is 2.14. The van der Waals surface area contributed by atoms with Crippen LogP contribution in [-0.2, 0) is 15.9 Å². The Morgan fingerprint density at radius 3 is 2.15 bits per heavy atom. The highest BCUT2D eigenvalue weighted by molar-refractivity contribution is 5.15.